The van der Waals surface area contributed by atoms with Gasteiger partial charge in [-0.05, 0) is 31.0 Å². The van der Waals surface area contributed by atoms with Crippen LogP contribution in [0.2, 0.25) is 0 Å². The highest BCUT2D eigenvalue weighted by Gasteiger charge is 2.27. The summed E-state index contributed by atoms with van der Waals surface area (Å²) < 4.78 is 2.01. The second-order valence-electron chi connectivity index (χ2n) is 6.40. The minimum absolute atomic E-state index is 0.0602. The van der Waals surface area contributed by atoms with Crippen molar-refractivity contribution in [3.63, 3.8) is 0 Å². The quantitative estimate of drug-likeness (QED) is 0.941. The normalized spacial score (nSPS) is 17.8. The summed E-state index contributed by atoms with van der Waals surface area (Å²) in [5.74, 6) is 0.0602. The number of benzene rings is 1. The number of nitrogens with one attached hydrogen (secondary N) is 1. The van der Waals surface area contributed by atoms with Crippen LogP contribution in [0.4, 0.5) is 0 Å². The molecule has 1 aliphatic rings. The molecule has 1 N–H and O–H groups in total. The Morgan fingerprint density at radius 3 is 2.96 bits per heavy atom. The summed E-state index contributed by atoms with van der Waals surface area (Å²) in [6.07, 6.45) is 2.29. The number of hydrogen-bond donors (Lipinski definition) is 1. The summed E-state index contributed by atoms with van der Waals surface area (Å²) in [4.78, 5) is 14.2. The molecular weight excluding hydrogens is 288 g/mol. The fraction of sp³-hybridized carbons (Fsp3) is 0.444. The van der Waals surface area contributed by atoms with E-state index in [1.165, 1.54) is 22.4 Å². The molecule has 0 radical (unpaired) electrons. The lowest BCUT2D eigenvalue weighted by Gasteiger charge is -2.34. The van der Waals surface area contributed by atoms with Crippen molar-refractivity contribution in [3.05, 3.63) is 52.8 Å². The molecular formula is C18H24N4O. The molecule has 0 spiro atoms. The van der Waals surface area contributed by atoms with Gasteiger partial charge in [-0.2, -0.15) is 5.10 Å². The molecule has 0 saturated carbocycles. The minimum Gasteiger partial charge on any atom is -0.359 e. The van der Waals surface area contributed by atoms with Gasteiger partial charge in [-0.1, -0.05) is 23.8 Å². The Kier molecular flexibility index (Phi) is 4.48. The molecule has 3 rings (SSSR count). The Balaban J connectivity index is 1.79. The van der Waals surface area contributed by atoms with Crippen LogP contribution < -0.4 is 5.32 Å². The average Bonchev–Trinajstić information content (AvgIpc) is 2.99. The lowest BCUT2D eigenvalue weighted by atomic mass is 10.0. The molecule has 0 bridgehead atoms. The number of aromatic nitrogens is 2. The number of hydrogen-bond acceptors (Lipinski definition) is 3. The summed E-state index contributed by atoms with van der Waals surface area (Å²) in [6.45, 7) is 6.91. The molecule has 5 nitrogen and oxygen atoms in total. The largest absolute Gasteiger partial charge is 0.359 e. The number of carbonyl (C=O) groups excluding carboxylic acids is 1. The third-order valence-corrected chi connectivity index (χ3v) is 4.55. The second-order valence-corrected chi connectivity index (χ2v) is 6.40. The van der Waals surface area contributed by atoms with Crippen molar-refractivity contribution >= 4 is 5.91 Å². The van der Waals surface area contributed by atoms with Gasteiger partial charge in [-0.3, -0.25) is 14.4 Å². The van der Waals surface area contributed by atoms with Crippen LogP contribution in [-0.4, -0.2) is 34.2 Å². The van der Waals surface area contributed by atoms with Gasteiger partial charge in [-0.15, -0.1) is 0 Å². The van der Waals surface area contributed by atoms with Crippen LogP contribution in [0.15, 0.2) is 30.5 Å². The molecule has 1 atom stereocenters. The lowest BCUT2D eigenvalue weighted by Crippen LogP contribution is -2.39. The zero-order chi connectivity index (χ0) is 16.4. The predicted molar refractivity (Wildman–Crippen MR) is 90.0 cm³/mol. The molecule has 1 aliphatic heterocycles. The smallest absolute Gasteiger partial charge is 0.221 e. The summed E-state index contributed by atoms with van der Waals surface area (Å²) in [5.41, 5.74) is 5.14. The van der Waals surface area contributed by atoms with E-state index in [0.29, 0.717) is 6.42 Å². The van der Waals surface area contributed by atoms with Crippen LogP contribution in [0.3, 0.4) is 0 Å². The molecule has 2 aromatic rings. The van der Waals surface area contributed by atoms with Gasteiger partial charge in [0, 0.05) is 32.9 Å². The monoisotopic (exact) mass is 312 g/mol. The highest BCUT2D eigenvalue weighted by atomic mass is 16.1. The van der Waals surface area contributed by atoms with Crippen molar-refractivity contribution in [2.24, 2.45) is 0 Å². The van der Waals surface area contributed by atoms with Gasteiger partial charge in [0.15, 0.2) is 0 Å². The topological polar surface area (TPSA) is 50.2 Å². The fourth-order valence-electron chi connectivity index (χ4n) is 3.26. The van der Waals surface area contributed by atoms with Crippen molar-refractivity contribution in [2.75, 3.05) is 13.6 Å². The van der Waals surface area contributed by atoms with E-state index in [1.807, 2.05) is 16.9 Å². The van der Waals surface area contributed by atoms with Crippen LogP contribution in [0.1, 0.15) is 34.8 Å². The Hall–Kier alpha value is -2.14. The maximum atomic E-state index is 11.8. The van der Waals surface area contributed by atoms with Gasteiger partial charge in [-0.25, -0.2) is 0 Å². The zero-order valence-electron chi connectivity index (χ0n) is 14.0. The Morgan fingerprint density at radius 2 is 2.17 bits per heavy atom. The summed E-state index contributed by atoms with van der Waals surface area (Å²) >= 11 is 0. The minimum atomic E-state index is 0.0602. The third-order valence-electron chi connectivity index (χ3n) is 4.55. The van der Waals surface area contributed by atoms with E-state index in [2.05, 4.69) is 47.4 Å². The molecule has 0 aliphatic carbocycles. The highest BCUT2D eigenvalue weighted by Crippen LogP contribution is 2.25. The Bertz CT molecular complexity index is 707. The van der Waals surface area contributed by atoms with Crippen LogP contribution >= 0.6 is 0 Å². The molecule has 0 fully saturated rings. The van der Waals surface area contributed by atoms with E-state index in [0.717, 1.165) is 19.6 Å². The maximum Gasteiger partial charge on any atom is 0.221 e. The van der Waals surface area contributed by atoms with Gasteiger partial charge < -0.3 is 5.32 Å². The Labute approximate surface area is 137 Å². The van der Waals surface area contributed by atoms with Crippen molar-refractivity contribution in [2.45, 2.75) is 39.4 Å². The van der Waals surface area contributed by atoms with E-state index in [1.54, 1.807) is 7.05 Å². The maximum absolute atomic E-state index is 11.8. The second kappa shape index (κ2) is 6.54. The molecule has 0 unspecified atom stereocenters. The first kappa shape index (κ1) is 15.7. The van der Waals surface area contributed by atoms with Crippen LogP contribution in [0.25, 0.3) is 0 Å². The summed E-state index contributed by atoms with van der Waals surface area (Å²) in [5, 5.41) is 7.13. The average molecular weight is 312 g/mol. The standard InChI is InChI=1S/C18H24N4O/c1-13-4-5-14(2)15(8-13)10-21-11-16-6-7-20-22(16)17(12-21)9-18(23)19-3/h4-8,17H,9-12H2,1-3H3,(H,19,23)/t17-/m1/s1. The van der Waals surface area contributed by atoms with Gasteiger partial charge >= 0.3 is 0 Å². The molecule has 1 aromatic heterocycles. The molecule has 1 aromatic carbocycles. The van der Waals surface area contributed by atoms with Crippen LogP contribution in [-0.2, 0) is 17.9 Å². The number of fused-ring (bicyclic) bond motifs is 1. The molecule has 1 amide bonds. The molecule has 0 saturated heterocycles. The summed E-state index contributed by atoms with van der Waals surface area (Å²) in [7, 11) is 1.68. The van der Waals surface area contributed by atoms with E-state index in [4.69, 9.17) is 0 Å². The van der Waals surface area contributed by atoms with Gasteiger partial charge in [0.1, 0.15) is 0 Å². The first-order chi connectivity index (χ1) is 11.1. The number of nitrogens with zero attached hydrogens (tertiary/aromatic N) is 3. The molecule has 23 heavy (non-hydrogen) atoms. The van der Waals surface area contributed by atoms with Gasteiger partial charge in [0.05, 0.1) is 18.2 Å². The highest BCUT2D eigenvalue weighted by molar-refractivity contribution is 5.76. The van der Waals surface area contributed by atoms with Gasteiger partial charge in [0.2, 0.25) is 5.91 Å². The molecule has 2 heterocycles. The number of rotatable bonds is 4. The SMILES string of the molecule is CNC(=O)C[C@@H]1CN(Cc2cc(C)ccc2C)Cc2ccnn21. The first-order valence-electron chi connectivity index (χ1n) is 8.08. The molecule has 122 valence electrons. The van der Waals surface area contributed by atoms with Gasteiger partial charge in [0.25, 0.3) is 0 Å². The third kappa shape index (κ3) is 3.45. The first-order valence-corrected chi connectivity index (χ1v) is 8.08. The number of aryl methyl sites for hydroxylation is 2. The Morgan fingerprint density at radius 1 is 1.35 bits per heavy atom. The number of amides is 1. The van der Waals surface area contributed by atoms with E-state index in [-0.39, 0.29) is 11.9 Å². The van der Waals surface area contributed by atoms with Crippen molar-refractivity contribution in [1.82, 2.24) is 20.0 Å². The van der Waals surface area contributed by atoms with Crippen LogP contribution in [0.5, 0.6) is 0 Å². The summed E-state index contributed by atoms with van der Waals surface area (Å²) in [6, 6.07) is 8.74. The zero-order valence-corrected chi connectivity index (χ0v) is 14.0. The molecule has 5 heteroatoms. The predicted octanol–water partition coefficient (Wildman–Crippen LogP) is 2.19. The fourth-order valence-corrected chi connectivity index (χ4v) is 3.26. The van der Waals surface area contributed by atoms with E-state index in [9.17, 15) is 4.79 Å². The van der Waals surface area contributed by atoms with Crippen molar-refractivity contribution in [3.8, 4) is 0 Å². The van der Waals surface area contributed by atoms with E-state index < -0.39 is 0 Å². The van der Waals surface area contributed by atoms with Crippen LogP contribution in [0, 0.1) is 13.8 Å². The van der Waals surface area contributed by atoms with E-state index >= 15 is 0 Å². The van der Waals surface area contributed by atoms with Crippen molar-refractivity contribution in [1.29, 1.82) is 0 Å². The lowest BCUT2D eigenvalue weighted by molar-refractivity contribution is -0.121. The van der Waals surface area contributed by atoms with Crippen molar-refractivity contribution < 1.29 is 4.79 Å². The number of carbonyl (C=O) groups is 1.